The van der Waals surface area contributed by atoms with Crippen LogP contribution in [0.25, 0.3) is 0 Å². The van der Waals surface area contributed by atoms with Crippen LogP contribution in [-0.4, -0.2) is 15.0 Å². The minimum atomic E-state index is -3.48. The minimum absolute atomic E-state index is 0.102. The first-order valence-corrected chi connectivity index (χ1v) is 8.83. The SMILES string of the molecule is NC1CCCN(S(=O)(=O)c2cccs2)c2ccccc21. The van der Waals surface area contributed by atoms with E-state index in [1.54, 1.807) is 17.5 Å². The van der Waals surface area contributed by atoms with Crippen LogP contribution in [-0.2, 0) is 10.0 Å². The summed E-state index contributed by atoms with van der Waals surface area (Å²) in [6.45, 7) is 0.477. The van der Waals surface area contributed by atoms with E-state index in [0.717, 1.165) is 18.4 Å². The summed E-state index contributed by atoms with van der Waals surface area (Å²) in [5.41, 5.74) is 7.77. The molecule has 3 rings (SSSR count). The van der Waals surface area contributed by atoms with Crippen molar-refractivity contribution in [1.29, 1.82) is 0 Å². The van der Waals surface area contributed by atoms with Crippen LogP contribution >= 0.6 is 11.3 Å². The Labute approximate surface area is 122 Å². The fourth-order valence-corrected chi connectivity index (χ4v) is 5.16. The Balaban J connectivity index is 2.13. The van der Waals surface area contributed by atoms with Gasteiger partial charge in [0.25, 0.3) is 10.0 Å². The topological polar surface area (TPSA) is 63.4 Å². The molecular weight excluding hydrogens is 292 g/mol. The van der Waals surface area contributed by atoms with E-state index >= 15 is 0 Å². The van der Waals surface area contributed by atoms with E-state index in [2.05, 4.69) is 0 Å². The molecule has 20 heavy (non-hydrogen) atoms. The number of rotatable bonds is 2. The lowest BCUT2D eigenvalue weighted by Crippen LogP contribution is -2.31. The maximum Gasteiger partial charge on any atom is 0.273 e. The van der Waals surface area contributed by atoms with Crippen molar-refractivity contribution in [2.75, 3.05) is 10.8 Å². The van der Waals surface area contributed by atoms with Gasteiger partial charge in [-0.05, 0) is 35.9 Å². The zero-order valence-corrected chi connectivity index (χ0v) is 12.5. The zero-order valence-electron chi connectivity index (χ0n) is 10.9. The summed E-state index contributed by atoms with van der Waals surface area (Å²) in [7, 11) is -3.48. The molecule has 2 aromatic rings. The molecule has 1 aromatic carbocycles. The number of hydrogen-bond acceptors (Lipinski definition) is 4. The van der Waals surface area contributed by atoms with Crippen molar-refractivity contribution in [3.63, 3.8) is 0 Å². The molecule has 1 atom stereocenters. The molecule has 0 saturated carbocycles. The number of anilines is 1. The van der Waals surface area contributed by atoms with Gasteiger partial charge in [-0.3, -0.25) is 4.31 Å². The van der Waals surface area contributed by atoms with Crippen LogP contribution in [0.15, 0.2) is 46.0 Å². The van der Waals surface area contributed by atoms with E-state index in [4.69, 9.17) is 5.73 Å². The summed E-state index contributed by atoms with van der Waals surface area (Å²) in [5, 5.41) is 1.78. The number of fused-ring (bicyclic) bond motifs is 1. The fourth-order valence-electron chi connectivity index (χ4n) is 2.53. The second-order valence-corrected chi connectivity index (χ2v) is 7.85. The van der Waals surface area contributed by atoms with Crippen LogP contribution in [0.1, 0.15) is 24.4 Å². The molecule has 6 heteroatoms. The van der Waals surface area contributed by atoms with Gasteiger partial charge in [-0.1, -0.05) is 24.3 Å². The van der Waals surface area contributed by atoms with Crippen molar-refractivity contribution in [2.24, 2.45) is 5.73 Å². The predicted octanol–water partition coefficient (Wildman–Crippen LogP) is 2.74. The third-order valence-corrected chi connectivity index (χ3v) is 6.71. The average molecular weight is 308 g/mol. The lowest BCUT2D eigenvalue weighted by molar-refractivity contribution is 0.588. The number of sulfonamides is 1. The molecule has 106 valence electrons. The van der Waals surface area contributed by atoms with Crippen molar-refractivity contribution in [3.05, 3.63) is 47.3 Å². The highest BCUT2D eigenvalue weighted by Crippen LogP contribution is 2.35. The number of thiophene rings is 1. The monoisotopic (exact) mass is 308 g/mol. The van der Waals surface area contributed by atoms with Crippen molar-refractivity contribution < 1.29 is 8.42 Å². The fraction of sp³-hybridized carbons (Fsp3) is 0.286. The molecule has 2 heterocycles. The molecule has 0 radical (unpaired) electrons. The van der Waals surface area contributed by atoms with E-state index < -0.39 is 10.0 Å². The van der Waals surface area contributed by atoms with E-state index in [-0.39, 0.29) is 6.04 Å². The van der Waals surface area contributed by atoms with Gasteiger partial charge >= 0.3 is 0 Å². The average Bonchev–Trinajstić information content (AvgIpc) is 2.93. The smallest absolute Gasteiger partial charge is 0.273 e. The molecule has 2 N–H and O–H groups in total. The van der Waals surface area contributed by atoms with Crippen LogP contribution in [0.5, 0.6) is 0 Å². The first kappa shape index (κ1) is 13.6. The lowest BCUT2D eigenvalue weighted by Gasteiger charge is -2.24. The van der Waals surface area contributed by atoms with Gasteiger partial charge in [-0.25, -0.2) is 8.42 Å². The Kier molecular flexibility index (Phi) is 3.54. The highest BCUT2D eigenvalue weighted by molar-refractivity contribution is 7.94. The summed E-state index contributed by atoms with van der Waals surface area (Å²) in [6.07, 6.45) is 1.56. The van der Waals surface area contributed by atoms with Crippen molar-refractivity contribution in [3.8, 4) is 0 Å². The Hall–Kier alpha value is -1.37. The Morgan fingerprint density at radius 1 is 1.20 bits per heavy atom. The van der Waals surface area contributed by atoms with Crippen LogP contribution in [0, 0.1) is 0 Å². The van der Waals surface area contributed by atoms with Crippen LogP contribution < -0.4 is 10.0 Å². The molecule has 0 aliphatic carbocycles. The number of nitrogens with two attached hydrogens (primary N) is 1. The zero-order chi connectivity index (χ0) is 14.2. The third-order valence-electron chi connectivity index (χ3n) is 3.52. The highest BCUT2D eigenvalue weighted by Gasteiger charge is 2.30. The Morgan fingerprint density at radius 2 is 2.00 bits per heavy atom. The molecule has 0 fully saturated rings. The quantitative estimate of drug-likeness (QED) is 0.928. The molecule has 1 aliphatic heterocycles. The maximum atomic E-state index is 12.8. The van der Waals surface area contributed by atoms with Gasteiger partial charge in [0.1, 0.15) is 4.21 Å². The van der Waals surface area contributed by atoms with E-state index in [1.807, 2.05) is 24.3 Å². The maximum absolute atomic E-state index is 12.8. The van der Waals surface area contributed by atoms with E-state index in [1.165, 1.54) is 15.6 Å². The Bertz CT molecular complexity index is 696. The van der Waals surface area contributed by atoms with Gasteiger partial charge in [0, 0.05) is 12.6 Å². The second-order valence-electron chi connectivity index (χ2n) is 4.82. The van der Waals surface area contributed by atoms with Gasteiger partial charge < -0.3 is 5.73 Å². The minimum Gasteiger partial charge on any atom is -0.324 e. The molecule has 1 aromatic heterocycles. The number of hydrogen-bond donors (Lipinski definition) is 1. The van der Waals surface area contributed by atoms with E-state index in [0.29, 0.717) is 16.4 Å². The van der Waals surface area contributed by atoms with Gasteiger partial charge in [0.2, 0.25) is 0 Å². The number of benzene rings is 1. The largest absolute Gasteiger partial charge is 0.324 e. The molecular formula is C14H16N2O2S2. The third kappa shape index (κ3) is 2.24. The van der Waals surface area contributed by atoms with Crippen molar-refractivity contribution in [2.45, 2.75) is 23.1 Å². The molecule has 4 nitrogen and oxygen atoms in total. The van der Waals surface area contributed by atoms with E-state index in [9.17, 15) is 8.42 Å². The summed E-state index contributed by atoms with van der Waals surface area (Å²) < 4.78 is 27.4. The predicted molar refractivity (Wildman–Crippen MR) is 81.5 cm³/mol. The highest BCUT2D eigenvalue weighted by atomic mass is 32.2. The summed E-state index contributed by atoms with van der Waals surface area (Å²) >= 11 is 1.24. The summed E-state index contributed by atoms with van der Waals surface area (Å²) in [6, 6.07) is 10.8. The molecule has 0 spiro atoms. The molecule has 0 amide bonds. The molecule has 1 unspecified atom stereocenters. The molecule has 0 saturated heterocycles. The second kappa shape index (κ2) is 5.20. The van der Waals surface area contributed by atoms with Gasteiger partial charge in [-0.2, -0.15) is 0 Å². The molecule has 1 aliphatic rings. The Morgan fingerprint density at radius 3 is 2.75 bits per heavy atom. The van der Waals surface area contributed by atoms with Crippen LogP contribution in [0.4, 0.5) is 5.69 Å². The number of para-hydroxylation sites is 1. The van der Waals surface area contributed by atoms with Gasteiger partial charge in [0.15, 0.2) is 0 Å². The standard InChI is InChI=1S/C14H16N2O2S2/c15-12-6-3-9-16(13-7-2-1-5-11(12)13)20(17,18)14-8-4-10-19-14/h1-2,4-5,7-8,10,12H,3,6,9,15H2. The van der Waals surface area contributed by atoms with Crippen LogP contribution in [0.3, 0.4) is 0 Å². The summed E-state index contributed by atoms with van der Waals surface area (Å²) in [4.78, 5) is 0. The van der Waals surface area contributed by atoms with Crippen LogP contribution in [0.2, 0.25) is 0 Å². The first-order valence-electron chi connectivity index (χ1n) is 6.51. The number of nitrogens with zero attached hydrogens (tertiary/aromatic N) is 1. The normalized spacial score (nSPS) is 19.4. The lowest BCUT2D eigenvalue weighted by atomic mass is 10.0. The van der Waals surface area contributed by atoms with Gasteiger partial charge in [0.05, 0.1) is 5.69 Å². The van der Waals surface area contributed by atoms with Crippen molar-refractivity contribution in [1.82, 2.24) is 0 Å². The first-order chi connectivity index (χ1) is 9.60. The van der Waals surface area contributed by atoms with Gasteiger partial charge in [-0.15, -0.1) is 11.3 Å². The molecule has 0 bridgehead atoms. The van der Waals surface area contributed by atoms with Crippen molar-refractivity contribution >= 4 is 27.0 Å². The summed E-state index contributed by atoms with van der Waals surface area (Å²) in [5.74, 6) is 0.